The first kappa shape index (κ1) is 12.0. The average Bonchev–Trinajstić information content (AvgIpc) is 2.69. The number of amides is 1. The lowest BCUT2D eigenvalue weighted by atomic mass is 10.1. The van der Waals surface area contributed by atoms with Gasteiger partial charge in [0.1, 0.15) is 0 Å². The van der Waals surface area contributed by atoms with Crippen molar-refractivity contribution >= 4 is 5.91 Å². The number of hydrogen-bond acceptors (Lipinski definition) is 1. The minimum Gasteiger partial charge on any atom is -0.331 e. The Labute approximate surface area is 97.0 Å². The summed E-state index contributed by atoms with van der Waals surface area (Å²) in [7, 11) is 1.21. The van der Waals surface area contributed by atoms with E-state index < -0.39 is 18.1 Å². The molecule has 0 aromatic heterocycles. The quantitative estimate of drug-likeness (QED) is 0.742. The van der Waals surface area contributed by atoms with E-state index in [1.165, 1.54) is 7.05 Å². The second kappa shape index (κ2) is 4.05. The Morgan fingerprint density at radius 1 is 1.35 bits per heavy atom. The van der Waals surface area contributed by atoms with Crippen LogP contribution in [0.4, 0.5) is 13.2 Å². The van der Waals surface area contributed by atoms with Gasteiger partial charge in [-0.15, -0.1) is 0 Å². The highest BCUT2D eigenvalue weighted by Gasteiger charge is 2.44. The van der Waals surface area contributed by atoms with Crippen LogP contribution in [-0.4, -0.2) is 24.0 Å². The van der Waals surface area contributed by atoms with E-state index in [0.29, 0.717) is 6.42 Å². The molecule has 0 aliphatic heterocycles. The van der Waals surface area contributed by atoms with Gasteiger partial charge < -0.3 is 4.90 Å². The number of hydrogen-bond donors (Lipinski definition) is 0. The molecule has 2 rings (SSSR count). The van der Waals surface area contributed by atoms with Gasteiger partial charge in [-0.1, -0.05) is 24.3 Å². The summed E-state index contributed by atoms with van der Waals surface area (Å²) < 4.78 is 37.0. The van der Waals surface area contributed by atoms with Gasteiger partial charge in [0.15, 0.2) is 0 Å². The molecule has 0 saturated heterocycles. The van der Waals surface area contributed by atoms with Crippen LogP contribution in [0.5, 0.6) is 0 Å². The molecule has 0 N–H and O–H groups in total. The Kier molecular flexibility index (Phi) is 2.85. The largest absolute Gasteiger partial charge is 0.471 e. The molecule has 1 aromatic rings. The van der Waals surface area contributed by atoms with Crippen LogP contribution in [0.1, 0.15) is 23.6 Å². The highest BCUT2D eigenvalue weighted by atomic mass is 19.4. The molecule has 1 amide bonds. The highest BCUT2D eigenvalue weighted by Crippen LogP contribution is 2.36. The SMILES string of the molecule is CN(C(=O)C(F)(F)F)C1CCc2ccccc21. The van der Waals surface area contributed by atoms with Gasteiger partial charge in [0.25, 0.3) is 0 Å². The number of nitrogens with zero attached hydrogens (tertiary/aromatic N) is 1. The summed E-state index contributed by atoms with van der Waals surface area (Å²) in [5, 5.41) is 0. The number of fused-ring (bicyclic) bond motifs is 1. The Bertz CT molecular complexity index is 442. The van der Waals surface area contributed by atoms with Crippen molar-refractivity contribution in [3.8, 4) is 0 Å². The van der Waals surface area contributed by atoms with Crippen molar-refractivity contribution in [3.05, 3.63) is 35.4 Å². The van der Waals surface area contributed by atoms with E-state index in [0.717, 1.165) is 22.4 Å². The molecule has 0 fully saturated rings. The van der Waals surface area contributed by atoms with Crippen molar-refractivity contribution in [2.75, 3.05) is 7.05 Å². The fraction of sp³-hybridized carbons (Fsp3) is 0.417. The predicted molar refractivity (Wildman–Crippen MR) is 56.3 cm³/mol. The average molecular weight is 243 g/mol. The van der Waals surface area contributed by atoms with E-state index in [9.17, 15) is 18.0 Å². The van der Waals surface area contributed by atoms with Crippen LogP contribution in [0.3, 0.4) is 0 Å². The monoisotopic (exact) mass is 243 g/mol. The molecule has 2 nitrogen and oxygen atoms in total. The number of benzene rings is 1. The molecule has 5 heteroatoms. The summed E-state index contributed by atoms with van der Waals surface area (Å²) in [5.41, 5.74) is 1.85. The third-order valence-electron chi connectivity index (χ3n) is 3.13. The van der Waals surface area contributed by atoms with Gasteiger partial charge in [-0.2, -0.15) is 13.2 Å². The van der Waals surface area contributed by atoms with Gasteiger partial charge in [-0.25, -0.2) is 0 Å². The molecule has 1 atom stereocenters. The van der Waals surface area contributed by atoms with Crippen LogP contribution in [0.2, 0.25) is 0 Å². The molecular formula is C12H12F3NO. The second-order valence-corrected chi connectivity index (χ2v) is 4.17. The van der Waals surface area contributed by atoms with E-state index >= 15 is 0 Å². The Hall–Kier alpha value is -1.52. The van der Waals surface area contributed by atoms with E-state index in [4.69, 9.17) is 0 Å². The summed E-state index contributed by atoms with van der Waals surface area (Å²) >= 11 is 0. The Balaban J connectivity index is 2.24. The summed E-state index contributed by atoms with van der Waals surface area (Å²) in [4.78, 5) is 12.0. The maximum atomic E-state index is 12.3. The molecule has 1 aromatic carbocycles. The summed E-state index contributed by atoms with van der Waals surface area (Å²) in [6.07, 6.45) is -3.53. The molecule has 0 saturated carbocycles. The van der Waals surface area contributed by atoms with E-state index in [1.807, 2.05) is 12.1 Å². The lowest BCUT2D eigenvalue weighted by Gasteiger charge is -2.26. The number of rotatable bonds is 1. The van der Waals surface area contributed by atoms with Crippen molar-refractivity contribution in [1.82, 2.24) is 4.90 Å². The van der Waals surface area contributed by atoms with Crippen LogP contribution < -0.4 is 0 Å². The van der Waals surface area contributed by atoms with E-state index in [2.05, 4.69) is 0 Å². The number of carbonyl (C=O) groups is 1. The maximum absolute atomic E-state index is 12.3. The third-order valence-corrected chi connectivity index (χ3v) is 3.13. The minimum atomic E-state index is -4.80. The van der Waals surface area contributed by atoms with Crippen molar-refractivity contribution in [1.29, 1.82) is 0 Å². The fourth-order valence-corrected chi connectivity index (χ4v) is 2.28. The Morgan fingerprint density at radius 2 is 2.00 bits per heavy atom. The molecule has 1 aliphatic carbocycles. The second-order valence-electron chi connectivity index (χ2n) is 4.17. The Morgan fingerprint density at radius 3 is 2.65 bits per heavy atom. The molecule has 92 valence electrons. The zero-order chi connectivity index (χ0) is 12.6. The fourth-order valence-electron chi connectivity index (χ4n) is 2.28. The van der Waals surface area contributed by atoms with Crippen LogP contribution in [0.15, 0.2) is 24.3 Å². The lowest BCUT2D eigenvalue weighted by Crippen LogP contribution is -2.40. The van der Waals surface area contributed by atoms with Crippen molar-refractivity contribution in [2.24, 2.45) is 0 Å². The smallest absolute Gasteiger partial charge is 0.331 e. The van der Waals surface area contributed by atoms with Gasteiger partial charge in [0, 0.05) is 7.05 Å². The van der Waals surface area contributed by atoms with Crippen molar-refractivity contribution in [3.63, 3.8) is 0 Å². The molecule has 1 unspecified atom stereocenters. The first-order valence-corrected chi connectivity index (χ1v) is 5.33. The van der Waals surface area contributed by atoms with E-state index in [-0.39, 0.29) is 0 Å². The number of aryl methyl sites for hydroxylation is 1. The molecule has 17 heavy (non-hydrogen) atoms. The number of halogens is 3. The van der Waals surface area contributed by atoms with Gasteiger partial charge in [-0.05, 0) is 24.0 Å². The first-order valence-electron chi connectivity index (χ1n) is 5.33. The summed E-state index contributed by atoms with van der Waals surface area (Å²) in [6.45, 7) is 0. The zero-order valence-corrected chi connectivity index (χ0v) is 9.29. The maximum Gasteiger partial charge on any atom is 0.471 e. The number of alkyl halides is 3. The summed E-state index contributed by atoms with van der Waals surface area (Å²) in [5.74, 6) is -1.78. The summed E-state index contributed by atoms with van der Waals surface area (Å²) in [6, 6.07) is 6.85. The van der Waals surface area contributed by atoms with E-state index in [1.54, 1.807) is 12.1 Å². The number of carbonyl (C=O) groups excluding carboxylic acids is 1. The van der Waals surface area contributed by atoms with Gasteiger partial charge >= 0.3 is 12.1 Å². The first-order chi connectivity index (χ1) is 7.91. The molecular weight excluding hydrogens is 231 g/mol. The lowest BCUT2D eigenvalue weighted by molar-refractivity contribution is -0.186. The predicted octanol–water partition coefficient (Wildman–Crippen LogP) is 2.69. The van der Waals surface area contributed by atoms with Crippen LogP contribution in [0, 0.1) is 0 Å². The zero-order valence-electron chi connectivity index (χ0n) is 9.29. The third kappa shape index (κ3) is 2.14. The standard InChI is InChI=1S/C12H12F3NO/c1-16(11(17)12(13,14)15)10-7-6-8-4-2-3-5-9(8)10/h2-5,10H,6-7H2,1H3. The van der Waals surface area contributed by atoms with Crippen molar-refractivity contribution < 1.29 is 18.0 Å². The molecule has 0 radical (unpaired) electrons. The van der Waals surface area contributed by atoms with Gasteiger partial charge in [0.05, 0.1) is 6.04 Å². The highest BCUT2D eigenvalue weighted by molar-refractivity contribution is 5.82. The molecule has 0 spiro atoms. The van der Waals surface area contributed by atoms with Crippen LogP contribution in [0.25, 0.3) is 0 Å². The van der Waals surface area contributed by atoms with Crippen LogP contribution in [-0.2, 0) is 11.2 Å². The molecule has 0 heterocycles. The van der Waals surface area contributed by atoms with Gasteiger partial charge in [-0.3, -0.25) is 4.79 Å². The molecule has 1 aliphatic rings. The van der Waals surface area contributed by atoms with Crippen molar-refractivity contribution in [2.45, 2.75) is 25.1 Å². The minimum absolute atomic E-state index is 0.458. The van der Waals surface area contributed by atoms with Crippen LogP contribution >= 0.6 is 0 Å². The topological polar surface area (TPSA) is 20.3 Å². The van der Waals surface area contributed by atoms with Gasteiger partial charge in [0.2, 0.25) is 0 Å². The molecule has 0 bridgehead atoms. The normalized spacial score (nSPS) is 18.9.